The lowest BCUT2D eigenvalue weighted by Gasteiger charge is -2.35. The van der Waals surface area contributed by atoms with Crippen LogP contribution in [0.25, 0.3) is 0 Å². The Morgan fingerprint density at radius 2 is 1.62 bits per heavy atom. The number of nitriles is 1. The highest BCUT2D eigenvalue weighted by Gasteiger charge is 2.46. The van der Waals surface area contributed by atoms with Crippen LogP contribution in [-0.4, -0.2) is 88.2 Å². The fourth-order valence-corrected chi connectivity index (χ4v) is 5.28. The minimum atomic E-state index is -1.59. The normalized spacial score (nSPS) is 27.8. The smallest absolute Gasteiger partial charge is 0.305 e. The molecule has 3 aliphatic rings. The van der Waals surface area contributed by atoms with Crippen molar-refractivity contribution in [3.8, 4) is 6.07 Å². The molecule has 0 spiro atoms. The van der Waals surface area contributed by atoms with Crippen LogP contribution >= 0.6 is 0 Å². The number of aliphatic carboxylic acids is 1. The van der Waals surface area contributed by atoms with Crippen molar-refractivity contribution in [1.29, 1.82) is 5.26 Å². The van der Waals surface area contributed by atoms with Crippen molar-refractivity contribution in [3.63, 3.8) is 0 Å². The van der Waals surface area contributed by atoms with E-state index in [1.165, 1.54) is 4.90 Å². The number of carboxylic acid groups (broad SMARTS) is 1. The summed E-state index contributed by atoms with van der Waals surface area (Å²) in [6.45, 7) is 6.31. The van der Waals surface area contributed by atoms with Crippen molar-refractivity contribution in [2.24, 2.45) is 11.8 Å². The summed E-state index contributed by atoms with van der Waals surface area (Å²) < 4.78 is 0. The second kappa shape index (κ2) is 13.5. The fourth-order valence-electron chi connectivity index (χ4n) is 5.28. The maximum Gasteiger partial charge on any atom is 0.305 e. The number of amides is 6. The molecule has 2 saturated heterocycles. The Balaban J connectivity index is 2.02. The summed E-state index contributed by atoms with van der Waals surface area (Å²) in [5.41, 5.74) is 0.610. The number of carbonyl (C=O) groups is 7. The topological polar surface area (TPSA) is 227 Å². The molecule has 3 aliphatic heterocycles. The molecule has 15 heteroatoms. The molecular weight excluding hydrogens is 550 g/mol. The first-order valence-electron chi connectivity index (χ1n) is 13.9. The minimum absolute atomic E-state index is 0.0923. The first-order valence-corrected chi connectivity index (χ1v) is 13.9. The van der Waals surface area contributed by atoms with Gasteiger partial charge in [0, 0.05) is 12.1 Å². The lowest BCUT2D eigenvalue weighted by Crippen LogP contribution is -2.61. The van der Waals surface area contributed by atoms with Crippen LogP contribution in [0, 0.1) is 23.2 Å². The number of nitrogens with zero attached hydrogens (tertiary/aromatic N) is 2. The van der Waals surface area contributed by atoms with Crippen LogP contribution in [0.1, 0.15) is 59.8 Å². The molecule has 0 saturated carbocycles. The van der Waals surface area contributed by atoms with Gasteiger partial charge in [0.2, 0.25) is 35.4 Å². The molecule has 0 aromatic carbocycles. The third-order valence-corrected chi connectivity index (χ3v) is 7.34. The number of allylic oxidation sites excluding steroid dienone is 1. The molecule has 0 aromatic heterocycles. The van der Waals surface area contributed by atoms with E-state index in [4.69, 9.17) is 0 Å². The summed E-state index contributed by atoms with van der Waals surface area (Å²) in [5, 5.41) is 31.6. The molecule has 0 aliphatic carbocycles. The van der Waals surface area contributed by atoms with E-state index >= 15 is 0 Å². The molecular formula is C27H37N7O8. The van der Waals surface area contributed by atoms with Gasteiger partial charge in [0.15, 0.2) is 0 Å². The third-order valence-electron chi connectivity index (χ3n) is 7.34. The van der Waals surface area contributed by atoms with E-state index < -0.39 is 90.5 Å². The molecule has 0 aromatic rings. The highest BCUT2D eigenvalue weighted by molar-refractivity contribution is 5.99. The van der Waals surface area contributed by atoms with Gasteiger partial charge < -0.3 is 36.6 Å². The van der Waals surface area contributed by atoms with Gasteiger partial charge >= 0.3 is 5.97 Å². The summed E-state index contributed by atoms with van der Waals surface area (Å²) in [4.78, 5) is 91.8. The van der Waals surface area contributed by atoms with Gasteiger partial charge in [-0.05, 0) is 31.1 Å². The van der Waals surface area contributed by atoms with Crippen molar-refractivity contribution in [2.75, 3.05) is 6.54 Å². The summed E-state index contributed by atoms with van der Waals surface area (Å²) >= 11 is 0. The van der Waals surface area contributed by atoms with E-state index in [0.717, 1.165) is 0 Å². The van der Waals surface area contributed by atoms with Gasteiger partial charge in [-0.15, -0.1) is 0 Å². The Hall–Kier alpha value is -4.48. The van der Waals surface area contributed by atoms with E-state index in [0.29, 0.717) is 5.70 Å². The molecule has 3 heterocycles. The number of hydrogen-bond donors (Lipinski definition) is 6. The Kier molecular flexibility index (Phi) is 10.3. The summed E-state index contributed by atoms with van der Waals surface area (Å²) in [5.74, 6) is -6.50. The Morgan fingerprint density at radius 1 is 0.952 bits per heavy atom. The molecule has 0 radical (unpaired) electrons. The summed E-state index contributed by atoms with van der Waals surface area (Å²) in [7, 11) is 0. The maximum atomic E-state index is 13.5. The second-order valence-electron chi connectivity index (χ2n) is 11.4. The number of carbonyl (C=O) groups excluding carboxylic acids is 6. The first kappa shape index (κ1) is 32.0. The highest BCUT2D eigenvalue weighted by Crippen LogP contribution is 2.36. The van der Waals surface area contributed by atoms with Gasteiger partial charge in [-0.3, -0.25) is 33.6 Å². The van der Waals surface area contributed by atoms with Gasteiger partial charge in [0.1, 0.15) is 30.2 Å². The van der Waals surface area contributed by atoms with Crippen molar-refractivity contribution in [2.45, 2.75) is 90.0 Å². The molecule has 0 unspecified atom stereocenters. The predicted octanol–water partition coefficient (Wildman–Crippen LogP) is -1.60. The number of hydrogen-bond acceptors (Lipinski definition) is 8. The number of rotatable bonds is 5. The molecule has 5 atom stereocenters. The van der Waals surface area contributed by atoms with E-state index in [1.807, 2.05) is 6.07 Å². The van der Waals surface area contributed by atoms with Gasteiger partial charge in [-0.1, -0.05) is 27.7 Å². The van der Waals surface area contributed by atoms with Crippen molar-refractivity contribution in [1.82, 2.24) is 31.5 Å². The summed E-state index contributed by atoms with van der Waals surface area (Å²) in [6.07, 6.45) is -0.308. The SMILES string of the molecule is CC(C)C[C@@H]1NC(=O)CNC(=O)[C@@H]2CCC3=C(C#N)C[C@H](NC(=O)[C@H](C(C)C)NC(=O)[C@H](CC(=O)O)NC1=O)C(=O)N32. The number of nitrogens with one attached hydrogen (secondary N) is 5. The average Bonchev–Trinajstić information content (AvgIpc) is 3.35. The molecule has 228 valence electrons. The third kappa shape index (κ3) is 7.42. The molecule has 6 amide bonds. The van der Waals surface area contributed by atoms with Gasteiger partial charge in [-0.25, -0.2) is 0 Å². The molecule has 6 N–H and O–H groups in total. The van der Waals surface area contributed by atoms with Gasteiger partial charge in [-0.2, -0.15) is 5.26 Å². The zero-order chi connectivity index (χ0) is 31.3. The van der Waals surface area contributed by atoms with Crippen LogP contribution in [0.15, 0.2) is 11.3 Å². The summed E-state index contributed by atoms with van der Waals surface area (Å²) in [6, 6.07) is -4.17. The van der Waals surface area contributed by atoms with Crippen LogP contribution in [0.5, 0.6) is 0 Å². The van der Waals surface area contributed by atoms with Crippen LogP contribution in [0.4, 0.5) is 0 Å². The molecule has 3 rings (SSSR count). The van der Waals surface area contributed by atoms with Gasteiger partial charge in [0.25, 0.3) is 0 Å². The van der Waals surface area contributed by atoms with Crippen LogP contribution in [0.2, 0.25) is 0 Å². The van der Waals surface area contributed by atoms with Crippen molar-refractivity contribution >= 4 is 41.4 Å². The minimum Gasteiger partial charge on any atom is -0.481 e. The fraction of sp³-hybridized carbons (Fsp3) is 0.630. The van der Waals surface area contributed by atoms with Crippen molar-refractivity contribution in [3.05, 3.63) is 11.3 Å². The van der Waals surface area contributed by atoms with Crippen LogP contribution < -0.4 is 26.6 Å². The molecule has 2 fully saturated rings. The lowest BCUT2D eigenvalue weighted by molar-refractivity contribution is -0.143. The Bertz CT molecular complexity index is 1240. The van der Waals surface area contributed by atoms with Gasteiger partial charge in [0.05, 0.1) is 24.6 Å². The standard InChI is InChI=1S/C27H37N7O8/c1-12(2)7-15-23(38)31-16(9-21(36)37)24(39)33-22(13(3)4)26(41)32-17-8-14(10-28)18-5-6-19(34(18)27(17)42)25(40)29-11-20(35)30-15/h12-13,15-17,19,22H,5-9,11H2,1-4H3,(H,29,40)(H,30,35)(H,31,38)(H,32,41)(H,33,39)(H,36,37)/t15-,16-,17-,19-,22-/m0/s1. The zero-order valence-electron chi connectivity index (χ0n) is 24.0. The molecule has 2 bridgehead atoms. The Labute approximate surface area is 242 Å². The number of carboxylic acids is 1. The quantitative estimate of drug-likeness (QED) is 0.217. The predicted molar refractivity (Wildman–Crippen MR) is 144 cm³/mol. The number of fused-ring (bicyclic) bond motifs is 1. The largest absolute Gasteiger partial charge is 0.481 e. The average molecular weight is 588 g/mol. The van der Waals surface area contributed by atoms with E-state index in [2.05, 4.69) is 26.6 Å². The van der Waals surface area contributed by atoms with Crippen LogP contribution in [-0.2, 0) is 33.6 Å². The van der Waals surface area contributed by atoms with E-state index in [1.54, 1.807) is 27.7 Å². The molecule has 15 nitrogen and oxygen atoms in total. The van der Waals surface area contributed by atoms with E-state index in [9.17, 15) is 43.9 Å². The van der Waals surface area contributed by atoms with E-state index in [-0.39, 0.29) is 37.2 Å². The molecule has 42 heavy (non-hydrogen) atoms. The maximum absolute atomic E-state index is 13.5. The van der Waals surface area contributed by atoms with Crippen LogP contribution in [0.3, 0.4) is 0 Å². The first-order chi connectivity index (χ1) is 19.7. The van der Waals surface area contributed by atoms with Crippen molar-refractivity contribution < 1.29 is 38.7 Å². The second-order valence-corrected chi connectivity index (χ2v) is 11.4. The Morgan fingerprint density at radius 3 is 2.21 bits per heavy atom. The monoisotopic (exact) mass is 587 g/mol. The lowest BCUT2D eigenvalue weighted by atomic mass is 9.96. The zero-order valence-corrected chi connectivity index (χ0v) is 24.0. The highest BCUT2D eigenvalue weighted by atomic mass is 16.4.